The monoisotopic (exact) mass is 409 g/mol. The molecule has 0 spiro atoms. The van der Waals surface area contributed by atoms with Gasteiger partial charge in [-0.15, -0.1) is 12.4 Å². The maximum atomic E-state index is 12.8. The molecular formula is C17H23ClF3N3O3. The summed E-state index contributed by atoms with van der Waals surface area (Å²) in [4.78, 5) is 27.6. The third-order valence-corrected chi connectivity index (χ3v) is 4.12. The van der Waals surface area contributed by atoms with Gasteiger partial charge in [-0.1, -0.05) is 6.07 Å². The number of carbonyl (C=O) groups excluding carboxylic acids is 2. The van der Waals surface area contributed by atoms with Crippen LogP contribution in [-0.4, -0.2) is 74.6 Å². The van der Waals surface area contributed by atoms with E-state index in [-0.39, 0.29) is 30.4 Å². The molecule has 27 heavy (non-hydrogen) atoms. The maximum absolute atomic E-state index is 12.8. The Morgan fingerprint density at radius 2 is 1.78 bits per heavy atom. The van der Waals surface area contributed by atoms with Crippen LogP contribution in [0.2, 0.25) is 0 Å². The minimum atomic E-state index is -4.49. The normalized spacial score (nSPS) is 14.7. The first-order chi connectivity index (χ1) is 12.3. The quantitative estimate of drug-likeness (QED) is 0.726. The molecule has 152 valence electrons. The van der Waals surface area contributed by atoms with Crippen molar-refractivity contribution in [3.63, 3.8) is 0 Å². The van der Waals surface area contributed by atoms with Gasteiger partial charge in [0.1, 0.15) is 0 Å². The van der Waals surface area contributed by atoms with E-state index in [2.05, 4.69) is 5.32 Å². The number of rotatable bonds is 6. The molecule has 2 rings (SSSR count). The first-order valence-corrected chi connectivity index (χ1v) is 8.27. The second-order valence-corrected chi connectivity index (χ2v) is 5.92. The van der Waals surface area contributed by atoms with Crippen LogP contribution in [0.4, 0.5) is 13.2 Å². The molecule has 0 radical (unpaired) electrons. The summed E-state index contributed by atoms with van der Waals surface area (Å²) in [6.45, 7) is 2.55. The topological polar surface area (TPSA) is 61.9 Å². The van der Waals surface area contributed by atoms with E-state index in [4.69, 9.17) is 4.74 Å². The molecule has 1 saturated heterocycles. The first-order valence-electron chi connectivity index (χ1n) is 8.27. The Bertz CT molecular complexity index is 635. The zero-order valence-electron chi connectivity index (χ0n) is 14.9. The molecule has 1 heterocycles. The zero-order chi connectivity index (χ0) is 19.2. The van der Waals surface area contributed by atoms with Gasteiger partial charge < -0.3 is 19.9 Å². The molecule has 0 unspecified atom stereocenters. The van der Waals surface area contributed by atoms with Gasteiger partial charge in [-0.25, -0.2) is 0 Å². The van der Waals surface area contributed by atoms with Crippen LogP contribution in [0.25, 0.3) is 0 Å². The van der Waals surface area contributed by atoms with E-state index in [0.29, 0.717) is 39.3 Å². The predicted octanol–water partition coefficient (Wildman–Crippen LogP) is 1.65. The van der Waals surface area contributed by atoms with E-state index in [0.717, 1.165) is 12.1 Å². The van der Waals surface area contributed by atoms with Crippen LogP contribution in [0.5, 0.6) is 0 Å². The molecule has 0 atom stereocenters. The van der Waals surface area contributed by atoms with E-state index in [1.807, 2.05) is 0 Å². The minimum absolute atomic E-state index is 0. The minimum Gasteiger partial charge on any atom is -0.383 e. The van der Waals surface area contributed by atoms with Gasteiger partial charge in [-0.2, -0.15) is 13.2 Å². The number of methoxy groups -OCH3 is 1. The maximum Gasteiger partial charge on any atom is 0.416 e. The van der Waals surface area contributed by atoms with Crippen molar-refractivity contribution in [1.29, 1.82) is 0 Å². The van der Waals surface area contributed by atoms with Crippen molar-refractivity contribution in [2.45, 2.75) is 6.18 Å². The molecular weight excluding hydrogens is 387 g/mol. The van der Waals surface area contributed by atoms with Gasteiger partial charge in [0.05, 0.1) is 18.7 Å². The summed E-state index contributed by atoms with van der Waals surface area (Å²) in [7, 11) is 1.57. The average Bonchev–Trinajstić information content (AvgIpc) is 2.64. The van der Waals surface area contributed by atoms with Gasteiger partial charge in [0, 0.05) is 45.4 Å². The highest BCUT2D eigenvalue weighted by molar-refractivity contribution is 5.94. The zero-order valence-corrected chi connectivity index (χ0v) is 15.7. The number of alkyl halides is 3. The Balaban J connectivity index is 0.00000364. The van der Waals surface area contributed by atoms with E-state index in [1.54, 1.807) is 12.0 Å². The summed E-state index contributed by atoms with van der Waals surface area (Å²) in [6, 6.07) is 4.39. The molecule has 0 aliphatic carbocycles. The first kappa shape index (κ1) is 23.2. The summed E-state index contributed by atoms with van der Waals surface area (Å²) < 4.78 is 43.2. The number of halogens is 4. The van der Waals surface area contributed by atoms with Crippen molar-refractivity contribution >= 4 is 24.2 Å². The Hall–Kier alpha value is -1.84. The Kier molecular flexibility index (Phi) is 9.01. The lowest BCUT2D eigenvalue weighted by Crippen LogP contribution is -2.52. The van der Waals surface area contributed by atoms with Gasteiger partial charge in [0.2, 0.25) is 5.91 Å². The summed E-state index contributed by atoms with van der Waals surface area (Å²) in [6.07, 6.45) is -4.49. The second-order valence-electron chi connectivity index (χ2n) is 5.92. The van der Waals surface area contributed by atoms with Crippen molar-refractivity contribution in [1.82, 2.24) is 15.1 Å². The lowest BCUT2D eigenvalue weighted by Gasteiger charge is -2.35. The highest BCUT2D eigenvalue weighted by atomic mass is 35.5. The van der Waals surface area contributed by atoms with Crippen molar-refractivity contribution in [3.05, 3.63) is 35.4 Å². The number of hydrogen-bond donors (Lipinski definition) is 1. The van der Waals surface area contributed by atoms with Crippen molar-refractivity contribution < 1.29 is 27.5 Å². The van der Waals surface area contributed by atoms with Crippen LogP contribution in [0.15, 0.2) is 24.3 Å². The van der Waals surface area contributed by atoms with Crippen LogP contribution in [-0.2, 0) is 15.7 Å². The number of carbonyl (C=O) groups is 2. The SMILES string of the molecule is COCCNCC(=O)N1CCN(C(=O)c2cccc(C(F)(F)F)c2)CC1.Cl. The van der Waals surface area contributed by atoms with Crippen molar-refractivity contribution in [3.8, 4) is 0 Å². The van der Waals surface area contributed by atoms with Crippen molar-refractivity contribution in [2.24, 2.45) is 0 Å². The highest BCUT2D eigenvalue weighted by Crippen LogP contribution is 2.29. The number of benzene rings is 1. The summed E-state index contributed by atoms with van der Waals surface area (Å²) in [5, 5.41) is 2.96. The molecule has 0 saturated carbocycles. The van der Waals surface area contributed by atoms with E-state index in [1.165, 1.54) is 17.0 Å². The van der Waals surface area contributed by atoms with Crippen LogP contribution >= 0.6 is 12.4 Å². The summed E-state index contributed by atoms with van der Waals surface area (Å²) >= 11 is 0. The van der Waals surface area contributed by atoms with E-state index >= 15 is 0 Å². The number of amides is 2. The van der Waals surface area contributed by atoms with Gasteiger partial charge in [-0.3, -0.25) is 9.59 Å². The molecule has 1 aliphatic rings. The molecule has 10 heteroatoms. The highest BCUT2D eigenvalue weighted by Gasteiger charge is 2.32. The molecule has 1 N–H and O–H groups in total. The lowest BCUT2D eigenvalue weighted by atomic mass is 10.1. The molecule has 1 aromatic rings. The molecule has 2 amide bonds. The van der Waals surface area contributed by atoms with Gasteiger partial charge >= 0.3 is 6.18 Å². The van der Waals surface area contributed by atoms with E-state index in [9.17, 15) is 22.8 Å². The van der Waals surface area contributed by atoms with Crippen LogP contribution < -0.4 is 5.32 Å². The summed E-state index contributed by atoms with van der Waals surface area (Å²) in [5.74, 6) is -0.534. The Labute approximate surface area is 162 Å². The fourth-order valence-electron chi connectivity index (χ4n) is 2.65. The summed E-state index contributed by atoms with van der Waals surface area (Å²) in [5.41, 5.74) is -0.847. The fraction of sp³-hybridized carbons (Fsp3) is 0.529. The largest absolute Gasteiger partial charge is 0.416 e. The molecule has 1 aromatic carbocycles. The van der Waals surface area contributed by atoms with Crippen LogP contribution in [0.3, 0.4) is 0 Å². The number of ether oxygens (including phenoxy) is 1. The van der Waals surface area contributed by atoms with Crippen LogP contribution in [0, 0.1) is 0 Å². The number of nitrogens with zero attached hydrogens (tertiary/aromatic N) is 2. The third-order valence-electron chi connectivity index (χ3n) is 4.12. The average molecular weight is 410 g/mol. The molecule has 0 aromatic heterocycles. The fourth-order valence-corrected chi connectivity index (χ4v) is 2.65. The predicted molar refractivity (Wildman–Crippen MR) is 95.9 cm³/mol. The molecule has 1 fully saturated rings. The molecule has 0 bridgehead atoms. The Morgan fingerprint density at radius 3 is 2.37 bits per heavy atom. The number of piperazine rings is 1. The second kappa shape index (κ2) is 10.5. The lowest BCUT2D eigenvalue weighted by molar-refractivity contribution is -0.137. The third kappa shape index (κ3) is 6.67. The van der Waals surface area contributed by atoms with Crippen LogP contribution in [0.1, 0.15) is 15.9 Å². The molecule has 1 aliphatic heterocycles. The standard InChI is InChI=1S/C17H22F3N3O3.ClH/c1-26-10-5-21-12-15(24)22-6-8-23(9-7-22)16(25)13-3-2-4-14(11-13)17(18,19)20;/h2-4,11,21H,5-10,12H2,1H3;1H. The van der Waals surface area contributed by atoms with Gasteiger partial charge in [0.15, 0.2) is 0 Å². The Morgan fingerprint density at radius 1 is 1.15 bits per heavy atom. The van der Waals surface area contributed by atoms with Gasteiger partial charge in [-0.05, 0) is 18.2 Å². The number of nitrogens with one attached hydrogen (secondary N) is 1. The van der Waals surface area contributed by atoms with E-state index < -0.39 is 17.6 Å². The van der Waals surface area contributed by atoms with Crippen molar-refractivity contribution in [2.75, 3.05) is 53.0 Å². The number of hydrogen-bond acceptors (Lipinski definition) is 4. The molecule has 6 nitrogen and oxygen atoms in total. The smallest absolute Gasteiger partial charge is 0.383 e. The van der Waals surface area contributed by atoms with Gasteiger partial charge in [0.25, 0.3) is 5.91 Å².